The summed E-state index contributed by atoms with van der Waals surface area (Å²) < 4.78 is 2.17. The quantitative estimate of drug-likeness (QED) is 0.703. The number of nitrogens with zero attached hydrogens (tertiary/aromatic N) is 4. The zero-order valence-electron chi connectivity index (χ0n) is 14.1. The van der Waals surface area contributed by atoms with Gasteiger partial charge in [-0.05, 0) is 32.3 Å². The van der Waals surface area contributed by atoms with E-state index < -0.39 is 0 Å². The highest BCUT2D eigenvalue weighted by Gasteiger charge is 2.11. The van der Waals surface area contributed by atoms with E-state index in [2.05, 4.69) is 43.6 Å². The molecule has 0 spiro atoms. The van der Waals surface area contributed by atoms with Crippen LogP contribution in [-0.2, 0) is 19.4 Å². The molecule has 2 N–H and O–H groups in total. The normalized spacial score (nSPS) is 11.3. The first-order valence-electron chi connectivity index (χ1n) is 8.25. The first kappa shape index (κ1) is 15.5. The van der Waals surface area contributed by atoms with Crippen molar-refractivity contribution in [3.05, 3.63) is 41.4 Å². The van der Waals surface area contributed by atoms with Crippen molar-refractivity contribution in [1.82, 2.24) is 29.7 Å². The third kappa shape index (κ3) is 3.36. The first-order chi connectivity index (χ1) is 11.2. The van der Waals surface area contributed by atoms with Crippen LogP contribution in [0.1, 0.15) is 42.5 Å². The Labute approximate surface area is 136 Å². The summed E-state index contributed by atoms with van der Waals surface area (Å²) in [6.45, 7) is 7.18. The van der Waals surface area contributed by atoms with Gasteiger partial charge in [0, 0.05) is 31.1 Å². The van der Waals surface area contributed by atoms with Crippen molar-refractivity contribution in [2.45, 2.75) is 53.0 Å². The SMILES string of the molecule is CCCCc1ncc(-c2nccn2CCc2c(C)n[nH]c2C)[nH]1. The maximum atomic E-state index is 4.49. The molecule has 0 saturated carbocycles. The fourth-order valence-corrected chi connectivity index (χ4v) is 2.86. The second kappa shape index (κ2) is 6.81. The molecule has 0 bridgehead atoms. The molecule has 0 aliphatic carbocycles. The number of nitrogens with one attached hydrogen (secondary N) is 2. The Bertz CT molecular complexity index is 744. The number of hydrogen-bond acceptors (Lipinski definition) is 3. The Morgan fingerprint density at radius 1 is 1.17 bits per heavy atom. The van der Waals surface area contributed by atoms with Crippen molar-refractivity contribution in [2.24, 2.45) is 0 Å². The molecular formula is C17H24N6. The fraction of sp³-hybridized carbons (Fsp3) is 0.471. The van der Waals surface area contributed by atoms with Crippen molar-refractivity contribution < 1.29 is 0 Å². The summed E-state index contributed by atoms with van der Waals surface area (Å²) in [5.74, 6) is 1.98. The summed E-state index contributed by atoms with van der Waals surface area (Å²) in [5, 5.41) is 7.31. The van der Waals surface area contributed by atoms with E-state index in [1.165, 1.54) is 12.0 Å². The average Bonchev–Trinajstić information content (AvgIpc) is 3.25. The number of hydrogen-bond donors (Lipinski definition) is 2. The lowest BCUT2D eigenvalue weighted by Gasteiger charge is -2.07. The van der Waals surface area contributed by atoms with Gasteiger partial charge >= 0.3 is 0 Å². The number of aryl methyl sites for hydroxylation is 4. The van der Waals surface area contributed by atoms with Gasteiger partial charge in [-0.2, -0.15) is 5.10 Å². The van der Waals surface area contributed by atoms with Crippen LogP contribution in [0.15, 0.2) is 18.6 Å². The molecule has 6 nitrogen and oxygen atoms in total. The molecule has 0 radical (unpaired) electrons. The van der Waals surface area contributed by atoms with E-state index in [-0.39, 0.29) is 0 Å². The molecule has 122 valence electrons. The van der Waals surface area contributed by atoms with Crippen molar-refractivity contribution in [3.8, 4) is 11.5 Å². The highest BCUT2D eigenvalue weighted by Crippen LogP contribution is 2.18. The molecule has 0 aliphatic heterocycles. The van der Waals surface area contributed by atoms with Crippen molar-refractivity contribution in [1.29, 1.82) is 0 Å². The van der Waals surface area contributed by atoms with E-state index >= 15 is 0 Å². The molecule has 0 amide bonds. The predicted octanol–water partition coefficient (Wildman–Crippen LogP) is 3.20. The van der Waals surface area contributed by atoms with Gasteiger partial charge in [0.1, 0.15) is 11.5 Å². The zero-order valence-corrected chi connectivity index (χ0v) is 14.1. The molecule has 3 aromatic rings. The largest absolute Gasteiger partial charge is 0.339 e. The molecule has 0 atom stereocenters. The van der Waals surface area contributed by atoms with Gasteiger partial charge in [-0.1, -0.05) is 13.3 Å². The minimum absolute atomic E-state index is 0.875. The van der Waals surface area contributed by atoms with Gasteiger partial charge in [0.05, 0.1) is 11.9 Å². The van der Waals surface area contributed by atoms with Crippen LogP contribution in [0.5, 0.6) is 0 Å². The van der Waals surface area contributed by atoms with Crippen LogP contribution in [0.3, 0.4) is 0 Å². The molecule has 0 aromatic carbocycles. The Morgan fingerprint density at radius 3 is 2.78 bits per heavy atom. The smallest absolute Gasteiger partial charge is 0.158 e. The molecule has 0 saturated heterocycles. The lowest BCUT2D eigenvalue weighted by molar-refractivity contribution is 0.697. The zero-order chi connectivity index (χ0) is 16.2. The number of unbranched alkanes of at least 4 members (excludes halogenated alkanes) is 1. The average molecular weight is 312 g/mol. The van der Waals surface area contributed by atoms with E-state index in [0.717, 1.165) is 54.5 Å². The van der Waals surface area contributed by atoms with Crippen LogP contribution in [0.25, 0.3) is 11.5 Å². The Balaban J connectivity index is 1.73. The first-order valence-corrected chi connectivity index (χ1v) is 8.25. The number of rotatable bonds is 7. The standard InChI is InChI=1S/C17H24N6/c1-4-5-6-16-19-11-15(20-16)17-18-8-10-23(17)9-7-14-12(2)21-22-13(14)3/h8,10-11H,4-7,9H2,1-3H3,(H,19,20)(H,21,22). The van der Waals surface area contributed by atoms with Crippen LogP contribution in [0.4, 0.5) is 0 Å². The van der Waals surface area contributed by atoms with Crippen LogP contribution in [-0.4, -0.2) is 29.7 Å². The van der Waals surface area contributed by atoms with Gasteiger partial charge in [0.15, 0.2) is 5.82 Å². The fourth-order valence-electron chi connectivity index (χ4n) is 2.86. The summed E-state index contributed by atoms with van der Waals surface area (Å²) in [5.41, 5.74) is 4.50. The monoisotopic (exact) mass is 312 g/mol. The van der Waals surface area contributed by atoms with Crippen LogP contribution in [0, 0.1) is 13.8 Å². The molecule has 0 fully saturated rings. The van der Waals surface area contributed by atoms with Crippen molar-refractivity contribution in [2.75, 3.05) is 0 Å². The number of aromatic amines is 2. The van der Waals surface area contributed by atoms with E-state index in [1.807, 2.05) is 25.5 Å². The summed E-state index contributed by atoms with van der Waals surface area (Å²) in [6.07, 6.45) is 10.0. The predicted molar refractivity (Wildman–Crippen MR) is 90.2 cm³/mol. The number of aromatic nitrogens is 6. The third-order valence-corrected chi connectivity index (χ3v) is 4.24. The maximum Gasteiger partial charge on any atom is 0.158 e. The summed E-state index contributed by atoms with van der Waals surface area (Å²) in [4.78, 5) is 12.4. The molecule has 0 unspecified atom stereocenters. The molecule has 23 heavy (non-hydrogen) atoms. The van der Waals surface area contributed by atoms with Gasteiger partial charge in [-0.25, -0.2) is 9.97 Å². The second-order valence-electron chi connectivity index (χ2n) is 5.95. The van der Waals surface area contributed by atoms with Gasteiger partial charge in [-0.3, -0.25) is 5.10 Å². The third-order valence-electron chi connectivity index (χ3n) is 4.24. The summed E-state index contributed by atoms with van der Waals surface area (Å²) in [6, 6.07) is 0. The molecule has 0 aliphatic rings. The van der Waals surface area contributed by atoms with Gasteiger partial charge in [-0.15, -0.1) is 0 Å². The van der Waals surface area contributed by atoms with E-state index in [0.29, 0.717) is 0 Å². The number of imidazole rings is 2. The topological polar surface area (TPSA) is 75.2 Å². The number of H-pyrrole nitrogens is 2. The lowest BCUT2D eigenvalue weighted by atomic mass is 10.1. The minimum Gasteiger partial charge on any atom is -0.339 e. The van der Waals surface area contributed by atoms with Crippen LogP contribution >= 0.6 is 0 Å². The van der Waals surface area contributed by atoms with Crippen LogP contribution < -0.4 is 0 Å². The summed E-state index contributed by atoms with van der Waals surface area (Å²) in [7, 11) is 0. The molecule has 3 heterocycles. The highest BCUT2D eigenvalue weighted by atomic mass is 15.1. The highest BCUT2D eigenvalue weighted by molar-refractivity contribution is 5.48. The van der Waals surface area contributed by atoms with E-state index in [4.69, 9.17) is 0 Å². The van der Waals surface area contributed by atoms with E-state index in [9.17, 15) is 0 Å². The lowest BCUT2D eigenvalue weighted by Crippen LogP contribution is -2.04. The summed E-state index contributed by atoms with van der Waals surface area (Å²) >= 11 is 0. The maximum absolute atomic E-state index is 4.49. The van der Waals surface area contributed by atoms with Crippen molar-refractivity contribution >= 4 is 0 Å². The molecule has 6 heteroatoms. The molecule has 3 rings (SSSR count). The second-order valence-corrected chi connectivity index (χ2v) is 5.95. The molecular weight excluding hydrogens is 288 g/mol. The van der Waals surface area contributed by atoms with Gasteiger partial charge in [0.25, 0.3) is 0 Å². The van der Waals surface area contributed by atoms with E-state index in [1.54, 1.807) is 0 Å². The van der Waals surface area contributed by atoms with Gasteiger partial charge < -0.3 is 9.55 Å². The minimum atomic E-state index is 0.875. The van der Waals surface area contributed by atoms with Crippen molar-refractivity contribution in [3.63, 3.8) is 0 Å². The van der Waals surface area contributed by atoms with Crippen LogP contribution in [0.2, 0.25) is 0 Å². The Kier molecular flexibility index (Phi) is 4.60. The Morgan fingerprint density at radius 2 is 2.04 bits per heavy atom. The molecule has 3 aromatic heterocycles. The van der Waals surface area contributed by atoms with Gasteiger partial charge in [0.2, 0.25) is 0 Å². The Hall–Kier alpha value is -2.37.